The number of benzene rings is 4. The van der Waals surface area contributed by atoms with Crippen molar-refractivity contribution in [2.45, 2.75) is 13.5 Å². The minimum absolute atomic E-state index is 0.277. The molecule has 1 heterocycles. The molecule has 0 atom stereocenters. The smallest absolute Gasteiger partial charge is 0.363 e. The van der Waals surface area contributed by atoms with Crippen molar-refractivity contribution in [2.75, 3.05) is 11.4 Å². The third-order valence-corrected chi connectivity index (χ3v) is 5.86. The van der Waals surface area contributed by atoms with Gasteiger partial charge in [-0.2, -0.15) is 0 Å². The van der Waals surface area contributed by atoms with Crippen LogP contribution in [0, 0.1) is 0 Å². The van der Waals surface area contributed by atoms with Crippen LogP contribution in [0.15, 0.2) is 120 Å². The van der Waals surface area contributed by atoms with Gasteiger partial charge in [-0.15, -0.1) is 0 Å². The van der Waals surface area contributed by atoms with Gasteiger partial charge in [0.25, 0.3) is 0 Å². The molecule has 1 aliphatic rings. The number of rotatable bonds is 8. The fourth-order valence-electron chi connectivity index (χ4n) is 3.95. The van der Waals surface area contributed by atoms with E-state index in [0.29, 0.717) is 11.3 Å². The van der Waals surface area contributed by atoms with Gasteiger partial charge >= 0.3 is 5.97 Å². The molecule has 0 aromatic heterocycles. The zero-order valence-corrected chi connectivity index (χ0v) is 20.0. The van der Waals surface area contributed by atoms with Crippen LogP contribution < -0.4 is 9.64 Å². The van der Waals surface area contributed by atoms with Gasteiger partial charge in [0, 0.05) is 24.3 Å². The van der Waals surface area contributed by atoms with Gasteiger partial charge in [0.05, 0.1) is 0 Å². The largest absolute Gasteiger partial charge is 0.457 e. The fraction of sp³-hybridized carbons (Fsp3) is 0.0968. The Hall–Kier alpha value is -4.64. The Labute approximate surface area is 211 Å². The SMILES string of the molecule is CCN(Cc1ccccc1)c1ccc(/C=C2/N=C(c3ccc(Oc4ccccc4)cc3)OC2=O)cc1. The van der Waals surface area contributed by atoms with Crippen LogP contribution in [0.4, 0.5) is 5.69 Å². The highest BCUT2D eigenvalue weighted by atomic mass is 16.6. The first-order chi connectivity index (χ1) is 17.7. The second-order valence-corrected chi connectivity index (χ2v) is 8.37. The zero-order chi connectivity index (χ0) is 24.7. The average Bonchev–Trinajstić information content (AvgIpc) is 3.29. The van der Waals surface area contributed by atoms with E-state index in [1.807, 2.05) is 72.8 Å². The molecule has 0 radical (unpaired) electrons. The Kier molecular flexibility index (Phi) is 6.90. The molecule has 4 aromatic rings. The zero-order valence-electron chi connectivity index (χ0n) is 20.0. The minimum atomic E-state index is -0.460. The van der Waals surface area contributed by atoms with Gasteiger partial charge < -0.3 is 14.4 Å². The summed E-state index contributed by atoms with van der Waals surface area (Å²) in [5, 5.41) is 0. The third-order valence-electron chi connectivity index (χ3n) is 5.86. The Bertz CT molecular complexity index is 1380. The van der Waals surface area contributed by atoms with E-state index in [2.05, 4.69) is 53.2 Å². The number of aliphatic imine (C=N–C) groups is 1. The molecule has 5 rings (SSSR count). The molecule has 0 saturated carbocycles. The van der Waals surface area contributed by atoms with Crippen molar-refractivity contribution < 1.29 is 14.3 Å². The van der Waals surface area contributed by atoms with E-state index in [9.17, 15) is 4.79 Å². The average molecular weight is 475 g/mol. The Morgan fingerprint density at radius 1 is 0.806 bits per heavy atom. The summed E-state index contributed by atoms with van der Waals surface area (Å²) >= 11 is 0. The van der Waals surface area contributed by atoms with Gasteiger partial charge in [-0.05, 0) is 72.7 Å². The first kappa shape index (κ1) is 23.1. The first-order valence-corrected chi connectivity index (χ1v) is 11.9. The lowest BCUT2D eigenvalue weighted by atomic mass is 10.1. The molecule has 1 aliphatic heterocycles. The number of hydrogen-bond acceptors (Lipinski definition) is 5. The van der Waals surface area contributed by atoms with Gasteiger partial charge in [-0.1, -0.05) is 60.7 Å². The number of esters is 1. The standard InChI is InChI=1S/C31H26N2O3/c1-2-33(22-24-9-5-3-6-10-24)26-17-13-23(14-18-26)21-29-31(34)36-30(32-29)25-15-19-28(20-16-25)35-27-11-7-4-8-12-27/h3-21H,2,22H2,1H3/b29-21+. The summed E-state index contributed by atoms with van der Waals surface area (Å²) in [6.45, 7) is 3.88. The predicted molar refractivity (Wildman–Crippen MR) is 143 cm³/mol. The number of para-hydroxylation sites is 1. The van der Waals surface area contributed by atoms with Crippen LogP contribution in [-0.4, -0.2) is 18.4 Å². The number of nitrogens with zero attached hydrogens (tertiary/aromatic N) is 2. The van der Waals surface area contributed by atoms with Gasteiger partial charge in [0.2, 0.25) is 5.90 Å². The van der Waals surface area contributed by atoms with Crippen molar-refractivity contribution in [3.05, 3.63) is 132 Å². The van der Waals surface area contributed by atoms with Gasteiger partial charge in [-0.25, -0.2) is 9.79 Å². The monoisotopic (exact) mass is 474 g/mol. The molecule has 5 heteroatoms. The highest BCUT2D eigenvalue weighted by molar-refractivity contribution is 6.12. The van der Waals surface area contributed by atoms with Crippen LogP contribution in [0.3, 0.4) is 0 Å². The third kappa shape index (κ3) is 5.53. The molecule has 0 fully saturated rings. The second-order valence-electron chi connectivity index (χ2n) is 8.37. The van der Waals surface area contributed by atoms with Crippen molar-refractivity contribution in [3.8, 4) is 11.5 Å². The molecular weight excluding hydrogens is 448 g/mol. The summed E-state index contributed by atoms with van der Waals surface area (Å²) in [6, 6.07) is 35.4. The number of carbonyl (C=O) groups excluding carboxylic acids is 1. The van der Waals surface area contributed by atoms with E-state index in [0.717, 1.165) is 30.1 Å². The van der Waals surface area contributed by atoms with Crippen LogP contribution in [0.5, 0.6) is 11.5 Å². The molecule has 0 spiro atoms. The van der Waals surface area contributed by atoms with Gasteiger partial charge in [0.1, 0.15) is 11.5 Å². The van der Waals surface area contributed by atoms with Crippen molar-refractivity contribution in [1.29, 1.82) is 0 Å². The number of ether oxygens (including phenoxy) is 2. The van der Waals surface area contributed by atoms with Crippen LogP contribution in [0.1, 0.15) is 23.6 Å². The number of carbonyl (C=O) groups is 1. The maximum atomic E-state index is 12.5. The molecule has 0 N–H and O–H groups in total. The quantitative estimate of drug-likeness (QED) is 0.207. The summed E-state index contributed by atoms with van der Waals surface area (Å²) in [5.41, 5.74) is 4.26. The number of anilines is 1. The van der Waals surface area contributed by atoms with Crippen molar-refractivity contribution in [1.82, 2.24) is 0 Å². The van der Waals surface area contributed by atoms with E-state index in [1.54, 1.807) is 6.08 Å². The molecule has 5 nitrogen and oxygen atoms in total. The van der Waals surface area contributed by atoms with Gasteiger partial charge in [0.15, 0.2) is 5.70 Å². The maximum Gasteiger partial charge on any atom is 0.363 e. The van der Waals surface area contributed by atoms with E-state index in [1.165, 1.54) is 5.56 Å². The summed E-state index contributed by atoms with van der Waals surface area (Å²) < 4.78 is 11.3. The highest BCUT2D eigenvalue weighted by Gasteiger charge is 2.24. The molecule has 4 aromatic carbocycles. The molecular formula is C31H26N2O3. The van der Waals surface area contributed by atoms with Crippen molar-refractivity contribution >= 4 is 23.6 Å². The highest BCUT2D eigenvalue weighted by Crippen LogP contribution is 2.25. The topological polar surface area (TPSA) is 51.1 Å². The molecule has 0 saturated heterocycles. The predicted octanol–water partition coefficient (Wildman–Crippen LogP) is 6.85. The van der Waals surface area contributed by atoms with E-state index >= 15 is 0 Å². The lowest BCUT2D eigenvalue weighted by molar-refractivity contribution is -0.129. The normalized spacial score (nSPS) is 13.9. The molecule has 178 valence electrons. The van der Waals surface area contributed by atoms with Crippen LogP contribution in [0.2, 0.25) is 0 Å². The Morgan fingerprint density at radius 3 is 2.11 bits per heavy atom. The van der Waals surface area contributed by atoms with Crippen LogP contribution in [-0.2, 0) is 16.1 Å². The number of hydrogen-bond donors (Lipinski definition) is 0. The first-order valence-electron chi connectivity index (χ1n) is 11.9. The maximum absolute atomic E-state index is 12.5. The minimum Gasteiger partial charge on any atom is -0.457 e. The van der Waals surface area contributed by atoms with Gasteiger partial charge in [-0.3, -0.25) is 0 Å². The van der Waals surface area contributed by atoms with Crippen LogP contribution >= 0.6 is 0 Å². The number of cyclic esters (lactones) is 1. The molecule has 0 unspecified atom stereocenters. The Morgan fingerprint density at radius 2 is 1.44 bits per heavy atom. The summed E-state index contributed by atoms with van der Waals surface area (Å²) in [5.74, 6) is 1.28. The van der Waals surface area contributed by atoms with Crippen molar-refractivity contribution in [2.24, 2.45) is 4.99 Å². The van der Waals surface area contributed by atoms with E-state index in [-0.39, 0.29) is 11.6 Å². The van der Waals surface area contributed by atoms with E-state index < -0.39 is 5.97 Å². The molecule has 0 bridgehead atoms. The fourth-order valence-corrected chi connectivity index (χ4v) is 3.95. The van der Waals surface area contributed by atoms with Crippen molar-refractivity contribution in [3.63, 3.8) is 0 Å². The second kappa shape index (κ2) is 10.7. The molecule has 0 amide bonds. The lowest BCUT2D eigenvalue weighted by Crippen LogP contribution is -2.21. The lowest BCUT2D eigenvalue weighted by Gasteiger charge is -2.23. The molecule has 36 heavy (non-hydrogen) atoms. The van der Waals surface area contributed by atoms with Crippen LogP contribution in [0.25, 0.3) is 6.08 Å². The summed E-state index contributed by atoms with van der Waals surface area (Å²) in [4.78, 5) is 19.2. The summed E-state index contributed by atoms with van der Waals surface area (Å²) in [7, 11) is 0. The Balaban J connectivity index is 1.28. The molecule has 0 aliphatic carbocycles. The summed E-state index contributed by atoms with van der Waals surface area (Å²) in [6.07, 6.45) is 1.75. The van der Waals surface area contributed by atoms with E-state index in [4.69, 9.17) is 9.47 Å².